The Morgan fingerprint density at radius 3 is 2.83 bits per heavy atom. The van der Waals surface area contributed by atoms with E-state index in [-0.39, 0.29) is 5.91 Å². The fourth-order valence-electron chi connectivity index (χ4n) is 1.40. The number of carbonyl (C=O) groups is 1. The summed E-state index contributed by atoms with van der Waals surface area (Å²) in [6.07, 6.45) is 0. The number of benzene rings is 1. The van der Waals surface area contributed by atoms with Crippen LogP contribution in [0.4, 0.5) is 5.69 Å². The molecule has 0 bridgehead atoms. The van der Waals surface area contributed by atoms with Crippen LogP contribution in [0, 0.1) is 0 Å². The van der Waals surface area contributed by atoms with Crippen molar-refractivity contribution in [2.75, 3.05) is 5.32 Å². The van der Waals surface area contributed by atoms with E-state index in [9.17, 15) is 4.79 Å². The Morgan fingerprint density at radius 1 is 1.44 bits per heavy atom. The molecule has 1 heterocycles. The highest BCUT2D eigenvalue weighted by Gasteiger charge is 2.17. The highest BCUT2D eigenvalue weighted by molar-refractivity contribution is 9.10. The molecule has 0 saturated heterocycles. The summed E-state index contributed by atoms with van der Waals surface area (Å²) in [6, 6.07) is 8.26. The van der Waals surface area contributed by atoms with Gasteiger partial charge in [-0.1, -0.05) is 33.6 Å². The Balaban J connectivity index is 2.12. The molecule has 0 saturated carbocycles. The van der Waals surface area contributed by atoms with E-state index in [1.54, 1.807) is 18.2 Å². The smallest absolute Gasteiger partial charge is 0.246 e. The Morgan fingerprint density at radius 2 is 2.22 bits per heavy atom. The molecule has 3 nitrogen and oxygen atoms in total. The maximum atomic E-state index is 11.9. The maximum absolute atomic E-state index is 11.9. The molecule has 0 fully saturated rings. The number of hydrogen-bond acceptors (Lipinski definition) is 3. The van der Waals surface area contributed by atoms with Crippen LogP contribution in [0.25, 0.3) is 0 Å². The highest BCUT2D eigenvalue weighted by atomic mass is 79.9. The van der Waals surface area contributed by atoms with Crippen molar-refractivity contribution in [1.29, 1.82) is 0 Å². The molecular formula is C12H10BrClN2OS. The number of nitrogens with two attached hydrogens (primary N) is 1. The summed E-state index contributed by atoms with van der Waals surface area (Å²) in [4.78, 5) is 12.8. The van der Waals surface area contributed by atoms with Gasteiger partial charge in [-0.05, 0) is 29.6 Å². The van der Waals surface area contributed by atoms with E-state index in [2.05, 4.69) is 21.2 Å². The molecule has 18 heavy (non-hydrogen) atoms. The number of anilines is 1. The molecule has 0 aliphatic rings. The van der Waals surface area contributed by atoms with Crippen molar-refractivity contribution in [1.82, 2.24) is 0 Å². The quantitative estimate of drug-likeness (QED) is 0.889. The molecular weight excluding hydrogens is 336 g/mol. The topological polar surface area (TPSA) is 55.1 Å². The first-order valence-electron chi connectivity index (χ1n) is 5.13. The number of halogens is 2. The fourth-order valence-corrected chi connectivity index (χ4v) is 2.84. The van der Waals surface area contributed by atoms with Crippen molar-refractivity contribution in [2.45, 2.75) is 6.04 Å². The second-order valence-electron chi connectivity index (χ2n) is 3.61. The van der Waals surface area contributed by atoms with Crippen LogP contribution >= 0.6 is 38.9 Å². The third-order valence-corrected chi connectivity index (χ3v) is 4.08. The number of hydrogen-bond donors (Lipinski definition) is 2. The Hall–Kier alpha value is -0.880. The number of amides is 1. The van der Waals surface area contributed by atoms with Crippen molar-refractivity contribution in [2.24, 2.45) is 5.73 Å². The minimum Gasteiger partial charge on any atom is -0.323 e. The van der Waals surface area contributed by atoms with E-state index in [0.29, 0.717) is 10.7 Å². The van der Waals surface area contributed by atoms with Gasteiger partial charge in [0.05, 0.1) is 10.7 Å². The maximum Gasteiger partial charge on any atom is 0.246 e. The van der Waals surface area contributed by atoms with Crippen LogP contribution in [-0.2, 0) is 4.79 Å². The third kappa shape index (κ3) is 3.11. The molecule has 94 valence electrons. The highest BCUT2D eigenvalue weighted by Crippen LogP contribution is 2.27. The van der Waals surface area contributed by atoms with Crippen molar-refractivity contribution in [3.63, 3.8) is 0 Å². The van der Waals surface area contributed by atoms with Crippen LogP contribution in [0.15, 0.2) is 40.2 Å². The van der Waals surface area contributed by atoms with E-state index >= 15 is 0 Å². The van der Waals surface area contributed by atoms with Crippen LogP contribution in [0.2, 0.25) is 5.02 Å². The molecule has 6 heteroatoms. The molecule has 3 N–H and O–H groups in total. The minimum absolute atomic E-state index is 0.276. The molecule has 1 amide bonds. The molecule has 2 aromatic rings. The SMILES string of the molecule is NC(C(=O)Nc1ccc(Br)cc1Cl)c1cccs1. The molecule has 0 radical (unpaired) electrons. The van der Waals surface area contributed by atoms with E-state index < -0.39 is 6.04 Å². The lowest BCUT2D eigenvalue weighted by atomic mass is 10.2. The van der Waals surface area contributed by atoms with Crippen molar-refractivity contribution in [3.05, 3.63) is 50.1 Å². The van der Waals surface area contributed by atoms with Gasteiger partial charge in [0, 0.05) is 9.35 Å². The summed E-state index contributed by atoms with van der Waals surface area (Å²) >= 11 is 10.8. The average Bonchev–Trinajstić information content (AvgIpc) is 2.85. The fraction of sp³-hybridized carbons (Fsp3) is 0.0833. The molecule has 0 spiro atoms. The molecule has 0 aliphatic carbocycles. The van der Waals surface area contributed by atoms with E-state index in [1.807, 2.05) is 17.5 Å². The summed E-state index contributed by atoms with van der Waals surface area (Å²) in [6.45, 7) is 0. The van der Waals surface area contributed by atoms with Gasteiger partial charge in [-0.2, -0.15) is 0 Å². The standard InChI is InChI=1S/C12H10BrClN2OS/c13-7-3-4-9(8(14)6-7)16-12(17)11(15)10-2-1-5-18-10/h1-6,11H,15H2,(H,16,17). The van der Waals surface area contributed by atoms with Crippen LogP contribution in [-0.4, -0.2) is 5.91 Å². The zero-order valence-corrected chi connectivity index (χ0v) is 12.3. The van der Waals surface area contributed by atoms with Gasteiger partial charge >= 0.3 is 0 Å². The number of rotatable bonds is 3. The third-order valence-electron chi connectivity index (χ3n) is 2.32. The number of thiophene rings is 1. The lowest BCUT2D eigenvalue weighted by Crippen LogP contribution is -2.27. The predicted octanol–water partition coefficient (Wildman–Crippen LogP) is 3.80. The largest absolute Gasteiger partial charge is 0.323 e. The van der Waals surface area contributed by atoms with Gasteiger partial charge in [-0.3, -0.25) is 4.79 Å². The average molecular weight is 346 g/mol. The first kappa shape index (κ1) is 13.5. The van der Waals surface area contributed by atoms with Crippen molar-refractivity contribution >= 4 is 50.5 Å². The van der Waals surface area contributed by atoms with Crippen molar-refractivity contribution < 1.29 is 4.79 Å². The van der Waals surface area contributed by atoms with E-state index in [4.69, 9.17) is 17.3 Å². The summed E-state index contributed by atoms with van der Waals surface area (Å²) in [7, 11) is 0. The lowest BCUT2D eigenvalue weighted by Gasteiger charge is -2.12. The van der Waals surface area contributed by atoms with Gasteiger partial charge in [0.2, 0.25) is 5.91 Å². The Kier molecular flexibility index (Phi) is 4.40. The minimum atomic E-state index is -0.676. The Bertz CT molecular complexity index is 559. The summed E-state index contributed by atoms with van der Waals surface area (Å²) in [5.41, 5.74) is 6.41. The first-order valence-corrected chi connectivity index (χ1v) is 7.18. The molecule has 1 aromatic carbocycles. The zero-order chi connectivity index (χ0) is 13.1. The lowest BCUT2D eigenvalue weighted by molar-refractivity contribution is -0.117. The van der Waals surface area contributed by atoms with Gasteiger partial charge < -0.3 is 11.1 Å². The summed E-state index contributed by atoms with van der Waals surface area (Å²) in [5, 5.41) is 5.07. The molecule has 1 unspecified atom stereocenters. The van der Waals surface area contributed by atoms with Crippen LogP contribution < -0.4 is 11.1 Å². The van der Waals surface area contributed by atoms with Crippen LogP contribution in [0.5, 0.6) is 0 Å². The second kappa shape index (κ2) is 5.84. The van der Waals surface area contributed by atoms with Gasteiger partial charge in [0.15, 0.2) is 0 Å². The van der Waals surface area contributed by atoms with Gasteiger partial charge in [-0.25, -0.2) is 0 Å². The Labute approximate surface area is 122 Å². The molecule has 2 rings (SSSR count). The zero-order valence-electron chi connectivity index (χ0n) is 9.19. The predicted molar refractivity (Wildman–Crippen MR) is 79.0 cm³/mol. The summed E-state index contributed by atoms with van der Waals surface area (Å²) < 4.78 is 0.855. The van der Waals surface area contributed by atoms with Crippen molar-refractivity contribution in [3.8, 4) is 0 Å². The first-order chi connectivity index (χ1) is 8.58. The normalized spacial score (nSPS) is 12.2. The molecule has 1 atom stereocenters. The van der Waals surface area contributed by atoms with Gasteiger partial charge in [0.1, 0.15) is 6.04 Å². The molecule has 0 aliphatic heterocycles. The monoisotopic (exact) mass is 344 g/mol. The van der Waals surface area contributed by atoms with Gasteiger partial charge in [0.25, 0.3) is 0 Å². The van der Waals surface area contributed by atoms with Gasteiger partial charge in [-0.15, -0.1) is 11.3 Å². The second-order valence-corrected chi connectivity index (χ2v) is 5.91. The van der Waals surface area contributed by atoms with E-state index in [0.717, 1.165) is 9.35 Å². The van der Waals surface area contributed by atoms with E-state index in [1.165, 1.54) is 11.3 Å². The number of nitrogens with one attached hydrogen (secondary N) is 1. The van der Waals surface area contributed by atoms with Crippen LogP contribution in [0.1, 0.15) is 10.9 Å². The number of carbonyl (C=O) groups excluding carboxylic acids is 1. The van der Waals surface area contributed by atoms with Crippen LogP contribution in [0.3, 0.4) is 0 Å². The summed E-state index contributed by atoms with van der Waals surface area (Å²) in [5.74, 6) is -0.276. The molecule has 1 aromatic heterocycles.